The molecule has 3 N–H and O–H groups in total. The first-order chi connectivity index (χ1) is 8.36. The Kier molecular flexibility index (Phi) is 5.25. The molecule has 2 heteroatoms. The lowest BCUT2D eigenvalue weighted by molar-refractivity contribution is 0.0812. The zero-order valence-corrected chi connectivity index (χ0v) is 12.6. The second-order valence-electron chi connectivity index (χ2n) is 6.99. The minimum atomic E-state index is 0.0351. The molecule has 18 heavy (non-hydrogen) atoms. The van der Waals surface area contributed by atoms with Gasteiger partial charge in [0.1, 0.15) is 0 Å². The van der Waals surface area contributed by atoms with E-state index < -0.39 is 0 Å². The van der Waals surface area contributed by atoms with Crippen molar-refractivity contribution in [1.29, 1.82) is 0 Å². The molecule has 0 saturated heterocycles. The quantitative estimate of drug-likeness (QED) is 0.736. The van der Waals surface area contributed by atoms with E-state index in [1.807, 2.05) is 0 Å². The minimum Gasteiger partial charge on any atom is -0.329 e. The van der Waals surface area contributed by atoms with Gasteiger partial charge in [0.25, 0.3) is 0 Å². The van der Waals surface area contributed by atoms with Crippen molar-refractivity contribution >= 4 is 0 Å². The van der Waals surface area contributed by atoms with Crippen LogP contribution in [0.5, 0.6) is 0 Å². The predicted molar refractivity (Wildman–Crippen MR) is 79.2 cm³/mol. The van der Waals surface area contributed by atoms with Gasteiger partial charge in [-0.05, 0) is 37.0 Å². The average Bonchev–Trinajstić information content (AvgIpc) is 2.25. The third-order valence-electron chi connectivity index (χ3n) is 4.11. The molecule has 0 aromatic heterocycles. The van der Waals surface area contributed by atoms with Crippen LogP contribution < -0.4 is 11.1 Å². The summed E-state index contributed by atoms with van der Waals surface area (Å²) in [6.45, 7) is 9.88. The van der Waals surface area contributed by atoms with Crippen molar-refractivity contribution in [2.75, 3.05) is 6.54 Å². The van der Waals surface area contributed by atoms with E-state index in [9.17, 15) is 0 Å². The van der Waals surface area contributed by atoms with Crippen molar-refractivity contribution in [1.82, 2.24) is 5.32 Å². The summed E-state index contributed by atoms with van der Waals surface area (Å²) in [6.07, 6.45) is 11.3. The lowest BCUT2D eigenvalue weighted by Gasteiger charge is -2.48. The molecule has 2 nitrogen and oxygen atoms in total. The topological polar surface area (TPSA) is 38.0 Å². The first-order valence-electron chi connectivity index (χ1n) is 7.30. The van der Waals surface area contributed by atoms with Crippen LogP contribution in [-0.2, 0) is 0 Å². The average molecular weight is 250 g/mol. The maximum Gasteiger partial charge on any atom is 0.0691 e. The molecule has 0 radical (unpaired) electrons. The van der Waals surface area contributed by atoms with Crippen molar-refractivity contribution in [3.8, 4) is 12.3 Å². The minimum absolute atomic E-state index is 0.0351. The summed E-state index contributed by atoms with van der Waals surface area (Å²) in [5.74, 6) is 3.60. The standard InChI is InChI=1S/C16H30N2/c1-6-8-14(7-2)18-16(12-17)10-13(3)9-15(4,5)11-16/h2,13-14,18H,6,8-12,17H2,1,3-5H3. The highest BCUT2D eigenvalue weighted by molar-refractivity contribution is 5.07. The van der Waals surface area contributed by atoms with Crippen LogP contribution in [0.2, 0.25) is 0 Å². The monoisotopic (exact) mass is 250 g/mol. The van der Waals surface area contributed by atoms with Crippen LogP contribution in [0.1, 0.15) is 59.8 Å². The van der Waals surface area contributed by atoms with Gasteiger partial charge in [0, 0.05) is 12.1 Å². The van der Waals surface area contributed by atoms with Gasteiger partial charge >= 0.3 is 0 Å². The Bertz CT molecular complexity index is 303. The van der Waals surface area contributed by atoms with Gasteiger partial charge in [0.15, 0.2) is 0 Å². The molecular weight excluding hydrogens is 220 g/mol. The maximum absolute atomic E-state index is 6.09. The zero-order valence-electron chi connectivity index (χ0n) is 12.6. The summed E-state index contributed by atoms with van der Waals surface area (Å²) >= 11 is 0. The van der Waals surface area contributed by atoms with Crippen molar-refractivity contribution in [3.63, 3.8) is 0 Å². The summed E-state index contributed by atoms with van der Waals surface area (Å²) < 4.78 is 0. The Morgan fingerprint density at radius 2 is 2.11 bits per heavy atom. The summed E-state index contributed by atoms with van der Waals surface area (Å²) in [4.78, 5) is 0. The van der Waals surface area contributed by atoms with E-state index >= 15 is 0 Å². The van der Waals surface area contributed by atoms with Crippen LogP contribution in [0.15, 0.2) is 0 Å². The van der Waals surface area contributed by atoms with E-state index in [1.165, 1.54) is 6.42 Å². The molecule has 104 valence electrons. The molecule has 3 atom stereocenters. The van der Waals surface area contributed by atoms with Crippen molar-refractivity contribution in [2.24, 2.45) is 17.1 Å². The Balaban J connectivity index is 2.81. The Morgan fingerprint density at radius 3 is 2.56 bits per heavy atom. The Hall–Kier alpha value is -0.520. The second kappa shape index (κ2) is 6.08. The molecular formula is C16H30N2. The molecule has 1 rings (SSSR count). The number of nitrogens with two attached hydrogens (primary N) is 1. The fraction of sp³-hybridized carbons (Fsp3) is 0.875. The second-order valence-corrected chi connectivity index (χ2v) is 6.99. The van der Waals surface area contributed by atoms with E-state index in [4.69, 9.17) is 12.2 Å². The molecule has 0 bridgehead atoms. The molecule has 1 fully saturated rings. The third-order valence-corrected chi connectivity index (χ3v) is 4.11. The largest absolute Gasteiger partial charge is 0.329 e. The van der Waals surface area contributed by atoms with Gasteiger partial charge in [0.2, 0.25) is 0 Å². The number of hydrogen-bond acceptors (Lipinski definition) is 2. The molecule has 0 heterocycles. The molecule has 3 unspecified atom stereocenters. The first-order valence-corrected chi connectivity index (χ1v) is 7.30. The maximum atomic E-state index is 6.09. The smallest absolute Gasteiger partial charge is 0.0691 e. The SMILES string of the molecule is C#CC(CCC)NC1(CN)CC(C)CC(C)(C)C1. The molecule has 0 spiro atoms. The van der Waals surface area contributed by atoms with E-state index in [-0.39, 0.29) is 11.6 Å². The predicted octanol–water partition coefficient (Wildman–Crippen LogP) is 2.92. The van der Waals surface area contributed by atoms with E-state index in [0.29, 0.717) is 17.9 Å². The number of hydrogen-bond donors (Lipinski definition) is 2. The normalized spacial score (nSPS) is 32.8. The summed E-state index contributed by atoms with van der Waals surface area (Å²) in [7, 11) is 0. The van der Waals surface area contributed by atoms with Gasteiger partial charge in [-0.1, -0.05) is 40.0 Å². The lowest BCUT2D eigenvalue weighted by atomic mass is 9.64. The van der Waals surface area contributed by atoms with Gasteiger partial charge in [-0.3, -0.25) is 5.32 Å². The van der Waals surface area contributed by atoms with Crippen LogP contribution in [0.4, 0.5) is 0 Å². The van der Waals surface area contributed by atoms with Crippen molar-refractivity contribution in [3.05, 3.63) is 0 Å². The molecule has 1 aliphatic rings. The van der Waals surface area contributed by atoms with Crippen LogP contribution in [0.25, 0.3) is 0 Å². The fourth-order valence-electron chi connectivity index (χ4n) is 3.92. The van der Waals surface area contributed by atoms with Crippen LogP contribution >= 0.6 is 0 Å². The molecule has 0 aromatic carbocycles. The van der Waals surface area contributed by atoms with Gasteiger partial charge in [-0.25, -0.2) is 0 Å². The number of nitrogens with one attached hydrogen (secondary N) is 1. The zero-order chi connectivity index (χ0) is 13.8. The summed E-state index contributed by atoms with van der Waals surface area (Å²) in [6, 6.07) is 0.166. The van der Waals surface area contributed by atoms with Gasteiger partial charge in [-0.2, -0.15) is 0 Å². The summed E-state index contributed by atoms with van der Waals surface area (Å²) in [5.41, 5.74) is 6.48. The van der Waals surface area contributed by atoms with E-state index in [0.717, 1.165) is 25.7 Å². The fourth-order valence-corrected chi connectivity index (χ4v) is 3.92. The lowest BCUT2D eigenvalue weighted by Crippen LogP contribution is -2.59. The van der Waals surface area contributed by atoms with E-state index in [1.54, 1.807) is 0 Å². The molecule has 0 aromatic rings. The van der Waals surface area contributed by atoms with Crippen LogP contribution in [0.3, 0.4) is 0 Å². The molecule has 0 aliphatic heterocycles. The molecule has 1 aliphatic carbocycles. The number of rotatable bonds is 5. The highest BCUT2D eigenvalue weighted by Crippen LogP contribution is 2.43. The van der Waals surface area contributed by atoms with Gasteiger partial charge in [-0.15, -0.1) is 6.42 Å². The summed E-state index contributed by atoms with van der Waals surface area (Å²) in [5, 5.41) is 3.69. The Labute approximate surface area is 113 Å². The highest BCUT2D eigenvalue weighted by atomic mass is 15.0. The van der Waals surface area contributed by atoms with E-state index in [2.05, 4.69) is 38.9 Å². The van der Waals surface area contributed by atoms with Crippen LogP contribution in [0, 0.1) is 23.7 Å². The van der Waals surface area contributed by atoms with Crippen molar-refractivity contribution < 1.29 is 0 Å². The third kappa shape index (κ3) is 4.00. The Morgan fingerprint density at radius 1 is 1.44 bits per heavy atom. The number of terminal acetylenes is 1. The highest BCUT2D eigenvalue weighted by Gasteiger charge is 2.42. The van der Waals surface area contributed by atoms with Gasteiger partial charge in [0.05, 0.1) is 6.04 Å². The van der Waals surface area contributed by atoms with Crippen LogP contribution in [-0.4, -0.2) is 18.1 Å². The van der Waals surface area contributed by atoms with Gasteiger partial charge < -0.3 is 5.73 Å². The molecule has 1 saturated carbocycles. The molecule has 0 amide bonds. The van der Waals surface area contributed by atoms with Crippen molar-refractivity contribution in [2.45, 2.75) is 71.4 Å². The first kappa shape index (κ1) is 15.5.